The second-order valence-corrected chi connectivity index (χ2v) is 4.66. The average molecular weight is 205 g/mol. The van der Waals surface area contributed by atoms with Crippen LogP contribution in [-0.2, 0) is 17.9 Å². The van der Waals surface area contributed by atoms with Gasteiger partial charge in [0.2, 0.25) is 0 Å². The van der Waals surface area contributed by atoms with E-state index in [2.05, 4.69) is 36.5 Å². The molecule has 0 amide bonds. The lowest BCUT2D eigenvalue weighted by molar-refractivity contribution is 0.185. The van der Waals surface area contributed by atoms with Crippen LogP contribution in [0.3, 0.4) is 0 Å². The molecule has 2 nitrogen and oxygen atoms in total. The van der Waals surface area contributed by atoms with Gasteiger partial charge in [-0.25, -0.2) is 0 Å². The van der Waals surface area contributed by atoms with Crippen LogP contribution in [0.5, 0.6) is 0 Å². The van der Waals surface area contributed by atoms with Crippen molar-refractivity contribution in [1.29, 1.82) is 0 Å². The Bertz CT molecular complexity index is 314. The van der Waals surface area contributed by atoms with E-state index in [1.165, 1.54) is 24.0 Å². The first kappa shape index (κ1) is 10.7. The molecule has 0 radical (unpaired) electrons. The Kier molecular flexibility index (Phi) is 3.08. The van der Waals surface area contributed by atoms with Crippen LogP contribution in [0, 0.1) is 0 Å². The second-order valence-electron chi connectivity index (χ2n) is 4.66. The van der Waals surface area contributed by atoms with E-state index in [0.29, 0.717) is 12.1 Å². The van der Waals surface area contributed by atoms with Crippen molar-refractivity contribution < 1.29 is 4.74 Å². The van der Waals surface area contributed by atoms with E-state index >= 15 is 0 Å². The summed E-state index contributed by atoms with van der Waals surface area (Å²) in [6.45, 7) is 3.96. The van der Waals surface area contributed by atoms with Crippen molar-refractivity contribution in [1.82, 2.24) is 5.32 Å². The van der Waals surface area contributed by atoms with Gasteiger partial charge in [0, 0.05) is 19.2 Å². The number of rotatable bonds is 5. The van der Waals surface area contributed by atoms with E-state index in [4.69, 9.17) is 4.74 Å². The molecule has 0 atom stereocenters. The highest BCUT2D eigenvalue weighted by Crippen LogP contribution is 2.34. The third-order valence-corrected chi connectivity index (χ3v) is 3.05. The van der Waals surface area contributed by atoms with E-state index in [-0.39, 0.29) is 0 Å². The first-order valence-corrected chi connectivity index (χ1v) is 5.54. The van der Waals surface area contributed by atoms with Crippen molar-refractivity contribution in [3.05, 3.63) is 35.4 Å². The molecule has 0 aliphatic heterocycles. The fourth-order valence-corrected chi connectivity index (χ4v) is 1.60. The maximum Gasteiger partial charge on any atom is 0.0713 e. The molecule has 1 saturated carbocycles. The molecule has 1 aromatic rings. The summed E-state index contributed by atoms with van der Waals surface area (Å²) in [5, 5.41) is 3.57. The Balaban J connectivity index is 1.86. The highest BCUT2D eigenvalue weighted by Gasteiger charge is 2.36. The van der Waals surface area contributed by atoms with Gasteiger partial charge < -0.3 is 10.1 Å². The molecule has 0 aromatic heterocycles. The molecule has 0 saturated heterocycles. The molecule has 1 aliphatic carbocycles. The fourth-order valence-electron chi connectivity index (χ4n) is 1.60. The van der Waals surface area contributed by atoms with Crippen molar-refractivity contribution in [2.45, 2.75) is 38.5 Å². The number of benzene rings is 1. The van der Waals surface area contributed by atoms with Gasteiger partial charge in [-0.15, -0.1) is 0 Å². The van der Waals surface area contributed by atoms with Crippen LogP contribution in [0.1, 0.15) is 30.9 Å². The van der Waals surface area contributed by atoms with E-state index in [0.717, 1.165) is 6.54 Å². The first-order valence-electron chi connectivity index (χ1n) is 5.54. The SMILES string of the molecule is COCc1ccc(CNC2(C)CC2)cc1. The molecule has 2 rings (SSSR count). The predicted octanol–water partition coefficient (Wildman–Crippen LogP) is 2.48. The molecule has 2 heteroatoms. The van der Waals surface area contributed by atoms with E-state index < -0.39 is 0 Å². The zero-order chi connectivity index (χ0) is 10.7. The first-order chi connectivity index (χ1) is 7.22. The molecule has 1 aliphatic rings. The Labute approximate surface area is 91.6 Å². The molecule has 15 heavy (non-hydrogen) atoms. The Hall–Kier alpha value is -0.860. The molecular formula is C13H19NO. The molecule has 0 heterocycles. The molecular weight excluding hydrogens is 186 g/mol. The molecule has 1 N–H and O–H groups in total. The molecule has 1 aromatic carbocycles. The van der Waals surface area contributed by atoms with Crippen molar-refractivity contribution >= 4 is 0 Å². The summed E-state index contributed by atoms with van der Waals surface area (Å²) in [6.07, 6.45) is 2.63. The summed E-state index contributed by atoms with van der Waals surface area (Å²) >= 11 is 0. The van der Waals surface area contributed by atoms with Crippen molar-refractivity contribution in [3.63, 3.8) is 0 Å². The number of nitrogens with one attached hydrogen (secondary N) is 1. The van der Waals surface area contributed by atoms with Crippen molar-refractivity contribution in [3.8, 4) is 0 Å². The summed E-state index contributed by atoms with van der Waals surface area (Å²) in [5.41, 5.74) is 3.01. The maximum absolute atomic E-state index is 5.08. The molecule has 82 valence electrons. The highest BCUT2D eigenvalue weighted by molar-refractivity contribution is 5.22. The number of methoxy groups -OCH3 is 1. The Morgan fingerprint density at radius 3 is 2.33 bits per heavy atom. The summed E-state index contributed by atoms with van der Waals surface area (Å²) in [4.78, 5) is 0. The average Bonchev–Trinajstić information content (AvgIpc) is 2.97. The monoisotopic (exact) mass is 205 g/mol. The van der Waals surface area contributed by atoms with Gasteiger partial charge in [0.1, 0.15) is 0 Å². The maximum atomic E-state index is 5.08. The third kappa shape index (κ3) is 3.05. The van der Waals surface area contributed by atoms with Crippen LogP contribution in [0.15, 0.2) is 24.3 Å². The van der Waals surface area contributed by atoms with E-state index in [1.807, 2.05) is 0 Å². The van der Waals surface area contributed by atoms with Gasteiger partial charge >= 0.3 is 0 Å². The summed E-state index contributed by atoms with van der Waals surface area (Å²) in [7, 11) is 1.73. The lowest BCUT2D eigenvalue weighted by atomic mass is 10.1. The summed E-state index contributed by atoms with van der Waals surface area (Å²) in [5.74, 6) is 0. The summed E-state index contributed by atoms with van der Waals surface area (Å²) in [6, 6.07) is 8.62. The van der Waals surface area contributed by atoms with E-state index in [9.17, 15) is 0 Å². The second kappa shape index (κ2) is 4.33. The normalized spacial score (nSPS) is 17.7. The minimum Gasteiger partial charge on any atom is -0.380 e. The minimum atomic E-state index is 0.422. The van der Waals surface area contributed by atoms with Crippen LogP contribution in [0.2, 0.25) is 0 Å². The van der Waals surface area contributed by atoms with E-state index in [1.54, 1.807) is 7.11 Å². The minimum absolute atomic E-state index is 0.422. The zero-order valence-electron chi connectivity index (χ0n) is 9.55. The van der Waals surface area contributed by atoms with Gasteiger partial charge in [-0.2, -0.15) is 0 Å². The third-order valence-electron chi connectivity index (χ3n) is 3.05. The largest absolute Gasteiger partial charge is 0.380 e. The van der Waals surface area contributed by atoms with Crippen molar-refractivity contribution in [2.24, 2.45) is 0 Å². The Morgan fingerprint density at radius 2 is 1.80 bits per heavy atom. The molecule has 0 unspecified atom stereocenters. The quantitative estimate of drug-likeness (QED) is 0.797. The molecule has 0 bridgehead atoms. The lowest BCUT2D eigenvalue weighted by Gasteiger charge is -2.11. The number of ether oxygens (including phenoxy) is 1. The topological polar surface area (TPSA) is 21.3 Å². The van der Waals surface area contributed by atoms with Crippen LogP contribution < -0.4 is 5.32 Å². The van der Waals surface area contributed by atoms with Crippen LogP contribution >= 0.6 is 0 Å². The zero-order valence-corrected chi connectivity index (χ0v) is 9.55. The van der Waals surface area contributed by atoms with Gasteiger partial charge in [-0.3, -0.25) is 0 Å². The van der Waals surface area contributed by atoms with Crippen LogP contribution in [-0.4, -0.2) is 12.6 Å². The Morgan fingerprint density at radius 1 is 1.20 bits per heavy atom. The van der Waals surface area contributed by atoms with Gasteiger partial charge in [0.05, 0.1) is 6.61 Å². The predicted molar refractivity (Wildman–Crippen MR) is 61.6 cm³/mol. The van der Waals surface area contributed by atoms with Gasteiger partial charge in [0.25, 0.3) is 0 Å². The molecule has 0 spiro atoms. The fraction of sp³-hybridized carbons (Fsp3) is 0.538. The highest BCUT2D eigenvalue weighted by atomic mass is 16.5. The molecule has 1 fully saturated rings. The lowest BCUT2D eigenvalue weighted by Crippen LogP contribution is -2.26. The van der Waals surface area contributed by atoms with Gasteiger partial charge in [0.15, 0.2) is 0 Å². The number of hydrogen-bond donors (Lipinski definition) is 1. The van der Waals surface area contributed by atoms with Gasteiger partial charge in [-0.05, 0) is 30.9 Å². The smallest absolute Gasteiger partial charge is 0.0713 e. The van der Waals surface area contributed by atoms with Gasteiger partial charge in [-0.1, -0.05) is 24.3 Å². The standard InChI is InChI=1S/C13H19NO/c1-13(7-8-13)14-9-11-3-5-12(6-4-11)10-15-2/h3-6,14H,7-10H2,1-2H3. The van der Waals surface area contributed by atoms with Crippen molar-refractivity contribution in [2.75, 3.05) is 7.11 Å². The summed E-state index contributed by atoms with van der Waals surface area (Å²) < 4.78 is 5.08. The number of hydrogen-bond acceptors (Lipinski definition) is 2. The van der Waals surface area contributed by atoms with Crippen LogP contribution in [0.4, 0.5) is 0 Å². The van der Waals surface area contributed by atoms with Crippen LogP contribution in [0.25, 0.3) is 0 Å².